The van der Waals surface area contributed by atoms with Gasteiger partial charge in [0.2, 0.25) is 0 Å². The van der Waals surface area contributed by atoms with Gasteiger partial charge in [0.05, 0.1) is 18.0 Å². The minimum absolute atomic E-state index is 0.0267. The van der Waals surface area contributed by atoms with Gasteiger partial charge in [-0.05, 0) is 49.4 Å². The second kappa shape index (κ2) is 6.36. The van der Waals surface area contributed by atoms with E-state index in [2.05, 4.69) is 41.2 Å². The monoisotopic (exact) mass is 374 g/mol. The van der Waals surface area contributed by atoms with E-state index >= 15 is 0 Å². The van der Waals surface area contributed by atoms with Crippen molar-refractivity contribution in [3.8, 4) is 0 Å². The van der Waals surface area contributed by atoms with Gasteiger partial charge in [-0.2, -0.15) is 0 Å². The van der Waals surface area contributed by atoms with Crippen molar-refractivity contribution in [3.05, 3.63) is 70.3 Å². The van der Waals surface area contributed by atoms with E-state index in [-0.39, 0.29) is 29.6 Å². The average Bonchev–Trinajstić information content (AvgIpc) is 3.29. The number of hydrogen-bond donors (Lipinski definition) is 0. The zero-order chi connectivity index (χ0) is 19.6. The molecule has 3 aliphatic rings. The van der Waals surface area contributed by atoms with Crippen molar-refractivity contribution in [1.82, 2.24) is 10.0 Å². The molecule has 0 aromatic heterocycles. The van der Waals surface area contributed by atoms with Crippen LogP contribution in [0.15, 0.2) is 42.5 Å². The quantitative estimate of drug-likeness (QED) is 0.755. The lowest BCUT2D eigenvalue weighted by Crippen LogP contribution is -2.40. The fourth-order valence-corrected chi connectivity index (χ4v) is 5.89. The van der Waals surface area contributed by atoms with Gasteiger partial charge in [-0.25, -0.2) is 10.0 Å². The molecule has 2 aromatic carbocycles. The lowest BCUT2D eigenvalue weighted by Gasteiger charge is -2.29. The molecule has 1 aliphatic carbocycles. The van der Waals surface area contributed by atoms with Gasteiger partial charge >= 0.3 is 0 Å². The van der Waals surface area contributed by atoms with Crippen molar-refractivity contribution in [2.24, 2.45) is 5.92 Å². The molecule has 5 rings (SSSR count). The first-order valence-corrected chi connectivity index (χ1v) is 10.2. The largest absolute Gasteiger partial charge is 0.298 e. The standard InChI is InChI=1S/C24H26N2O2/c1-14-12-15(2)18(16(3)13-14)19-23(27)20-21(17-8-5-4-6-9-17)25-10-7-11-26(25)22(20)24(19)28/h4-6,8-9,12-13,19-22H,7,10-11H2,1-3H3/t19?,20-,21-,22+/m1/s1. The molecular formula is C24H26N2O2. The highest BCUT2D eigenvalue weighted by Gasteiger charge is 2.63. The molecule has 3 fully saturated rings. The molecule has 0 spiro atoms. The van der Waals surface area contributed by atoms with Gasteiger partial charge in [0.1, 0.15) is 5.92 Å². The summed E-state index contributed by atoms with van der Waals surface area (Å²) >= 11 is 0. The lowest BCUT2D eigenvalue weighted by molar-refractivity contribution is -0.129. The number of hydrazine groups is 1. The maximum atomic E-state index is 13.7. The molecule has 2 heterocycles. The predicted molar refractivity (Wildman–Crippen MR) is 108 cm³/mol. The third-order valence-corrected chi connectivity index (χ3v) is 6.78. The topological polar surface area (TPSA) is 40.6 Å². The van der Waals surface area contributed by atoms with Gasteiger partial charge in [0, 0.05) is 13.1 Å². The van der Waals surface area contributed by atoms with E-state index in [1.807, 2.05) is 32.0 Å². The molecule has 4 nitrogen and oxygen atoms in total. The molecule has 4 atom stereocenters. The van der Waals surface area contributed by atoms with Gasteiger partial charge in [-0.1, -0.05) is 48.0 Å². The number of carbonyl (C=O) groups is 2. The Morgan fingerprint density at radius 1 is 0.821 bits per heavy atom. The van der Waals surface area contributed by atoms with E-state index in [0.29, 0.717) is 0 Å². The fourth-order valence-electron chi connectivity index (χ4n) is 5.89. The third-order valence-electron chi connectivity index (χ3n) is 6.78. The summed E-state index contributed by atoms with van der Waals surface area (Å²) in [5, 5.41) is 4.48. The molecule has 1 saturated carbocycles. The third kappa shape index (κ3) is 2.38. The highest BCUT2D eigenvalue weighted by Crippen LogP contribution is 2.52. The maximum absolute atomic E-state index is 13.7. The predicted octanol–water partition coefficient (Wildman–Crippen LogP) is 3.51. The van der Waals surface area contributed by atoms with Crippen LogP contribution < -0.4 is 0 Å². The second-order valence-corrected chi connectivity index (χ2v) is 8.56. The fraction of sp³-hybridized carbons (Fsp3) is 0.417. The summed E-state index contributed by atoms with van der Waals surface area (Å²) in [5.74, 6) is -0.700. The van der Waals surface area contributed by atoms with Crippen LogP contribution in [0, 0.1) is 26.7 Å². The molecule has 4 heteroatoms. The van der Waals surface area contributed by atoms with Crippen LogP contribution in [0.25, 0.3) is 0 Å². The number of rotatable bonds is 2. The van der Waals surface area contributed by atoms with Crippen molar-refractivity contribution in [2.45, 2.75) is 45.2 Å². The Bertz CT molecular complexity index is 945. The van der Waals surface area contributed by atoms with E-state index < -0.39 is 5.92 Å². The SMILES string of the molecule is Cc1cc(C)c(C2C(=O)[C@H]3[C@@H](C2=O)N2CCCN2[C@@H]3c2ccccc2)c(C)c1. The molecule has 0 N–H and O–H groups in total. The molecule has 2 aromatic rings. The maximum Gasteiger partial charge on any atom is 0.167 e. The van der Waals surface area contributed by atoms with E-state index in [0.717, 1.165) is 41.8 Å². The first-order valence-electron chi connectivity index (χ1n) is 10.2. The number of fused-ring (bicyclic) bond motifs is 3. The van der Waals surface area contributed by atoms with Crippen LogP contribution in [0.3, 0.4) is 0 Å². The molecule has 2 saturated heterocycles. The molecule has 1 unspecified atom stereocenters. The number of hydrogen-bond acceptors (Lipinski definition) is 4. The molecule has 0 bridgehead atoms. The molecule has 0 amide bonds. The Labute approximate surface area is 166 Å². The van der Waals surface area contributed by atoms with E-state index in [1.165, 1.54) is 5.56 Å². The molecule has 0 radical (unpaired) electrons. The molecule has 144 valence electrons. The number of benzene rings is 2. The van der Waals surface area contributed by atoms with Crippen molar-refractivity contribution < 1.29 is 9.59 Å². The van der Waals surface area contributed by atoms with E-state index in [1.54, 1.807) is 0 Å². The van der Waals surface area contributed by atoms with Gasteiger partial charge in [0.15, 0.2) is 11.6 Å². The highest BCUT2D eigenvalue weighted by atomic mass is 16.2. The van der Waals surface area contributed by atoms with Crippen molar-refractivity contribution in [3.63, 3.8) is 0 Å². The average molecular weight is 374 g/mol. The van der Waals surface area contributed by atoms with Crippen molar-refractivity contribution in [2.75, 3.05) is 13.1 Å². The number of carbonyl (C=O) groups excluding carboxylic acids is 2. The van der Waals surface area contributed by atoms with Crippen LogP contribution >= 0.6 is 0 Å². The Hall–Kier alpha value is -2.30. The van der Waals surface area contributed by atoms with E-state index in [4.69, 9.17) is 0 Å². The van der Waals surface area contributed by atoms with Gasteiger partial charge in [0.25, 0.3) is 0 Å². The molecule has 28 heavy (non-hydrogen) atoms. The second-order valence-electron chi connectivity index (χ2n) is 8.56. The van der Waals surface area contributed by atoms with Crippen LogP contribution in [0.2, 0.25) is 0 Å². The summed E-state index contributed by atoms with van der Waals surface area (Å²) in [6, 6.07) is 14.1. The van der Waals surface area contributed by atoms with Crippen LogP contribution in [-0.2, 0) is 9.59 Å². The van der Waals surface area contributed by atoms with Crippen molar-refractivity contribution in [1.29, 1.82) is 0 Å². The highest BCUT2D eigenvalue weighted by molar-refractivity contribution is 6.18. The first kappa shape index (κ1) is 17.8. The summed E-state index contributed by atoms with van der Waals surface area (Å²) in [6.07, 6.45) is 1.04. The van der Waals surface area contributed by atoms with Gasteiger partial charge < -0.3 is 0 Å². The van der Waals surface area contributed by atoms with Crippen LogP contribution in [0.1, 0.15) is 46.2 Å². The molecular weight excluding hydrogens is 348 g/mol. The summed E-state index contributed by atoms with van der Waals surface area (Å²) in [6.45, 7) is 7.90. The van der Waals surface area contributed by atoms with Crippen molar-refractivity contribution >= 4 is 11.6 Å². The van der Waals surface area contributed by atoms with Gasteiger partial charge in [-0.3, -0.25) is 9.59 Å². The Balaban J connectivity index is 1.62. The first-order chi connectivity index (χ1) is 13.5. The smallest absolute Gasteiger partial charge is 0.167 e. The van der Waals surface area contributed by atoms with Crippen LogP contribution in [0.4, 0.5) is 0 Å². The zero-order valence-corrected chi connectivity index (χ0v) is 16.7. The number of Topliss-reactive ketones (excluding diaryl/α,β-unsaturated/α-hetero) is 2. The number of ketones is 2. The minimum Gasteiger partial charge on any atom is -0.298 e. The summed E-state index contributed by atoms with van der Waals surface area (Å²) in [4.78, 5) is 27.3. The van der Waals surface area contributed by atoms with E-state index in [9.17, 15) is 9.59 Å². The Kier molecular flexibility index (Phi) is 4.04. The zero-order valence-electron chi connectivity index (χ0n) is 16.7. The number of nitrogens with zero attached hydrogens (tertiary/aromatic N) is 2. The summed E-state index contributed by atoms with van der Waals surface area (Å²) < 4.78 is 0. The van der Waals surface area contributed by atoms with Gasteiger partial charge in [-0.15, -0.1) is 0 Å². The summed E-state index contributed by atoms with van der Waals surface area (Å²) in [5.41, 5.74) is 5.36. The Morgan fingerprint density at radius 2 is 1.43 bits per heavy atom. The van der Waals surface area contributed by atoms with Crippen LogP contribution in [0.5, 0.6) is 0 Å². The molecule has 2 aliphatic heterocycles. The number of aryl methyl sites for hydroxylation is 3. The minimum atomic E-state index is -0.621. The summed E-state index contributed by atoms with van der Waals surface area (Å²) in [7, 11) is 0. The normalized spacial score (nSPS) is 30.1. The lowest BCUT2D eigenvalue weighted by atomic mass is 9.84. The Morgan fingerprint density at radius 3 is 2.07 bits per heavy atom. The van der Waals surface area contributed by atoms with Crippen LogP contribution in [-0.4, -0.2) is 40.7 Å².